The zero-order valence-corrected chi connectivity index (χ0v) is 21.9. The van der Waals surface area contributed by atoms with Gasteiger partial charge >= 0.3 is 0 Å². The molecule has 0 fully saturated rings. The van der Waals surface area contributed by atoms with Crippen LogP contribution >= 0.6 is 10.0 Å². The lowest BCUT2D eigenvalue weighted by Gasteiger charge is -2.24. The molecule has 3 aromatic heterocycles. The van der Waals surface area contributed by atoms with E-state index in [0.717, 1.165) is 47.2 Å². The number of rotatable bonds is 9. The maximum atomic E-state index is 9.97. The average molecular weight is 471 g/mol. The van der Waals surface area contributed by atoms with Gasteiger partial charge in [0.15, 0.2) is 0 Å². The molecule has 3 rings (SSSR count). The summed E-state index contributed by atoms with van der Waals surface area (Å²) >= 11 is 0. The van der Waals surface area contributed by atoms with Gasteiger partial charge in [-0.05, 0) is 57.4 Å². The van der Waals surface area contributed by atoms with Crippen LogP contribution in [0, 0.1) is 11.8 Å². The van der Waals surface area contributed by atoms with Gasteiger partial charge in [0.05, 0.1) is 24.5 Å². The minimum absolute atomic E-state index is 0.398. The molecule has 33 heavy (non-hydrogen) atoms. The van der Waals surface area contributed by atoms with Crippen molar-refractivity contribution in [2.24, 2.45) is 0 Å². The molecule has 0 aliphatic heterocycles. The molecule has 1 N–H and O–H groups in total. The van der Waals surface area contributed by atoms with Gasteiger partial charge in [-0.15, -0.1) is 0 Å². The van der Waals surface area contributed by atoms with Gasteiger partial charge in [0.25, 0.3) is 0 Å². The second-order valence-electron chi connectivity index (χ2n) is 9.92. The van der Waals surface area contributed by atoms with Crippen molar-refractivity contribution in [3.8, 4) is 23.0 Å². The fourth-order valence-corrected chi connectivity index (χ4v) is 4.31. The molecule has 0 spiro atoms. The van der Waals surface area contributed by atoms with Crippen molar-refractivity contribution in [2.45, 2.75) is 58.9 Å². The monoisotopic (exact) mass is 470 g/mol. The Bertz CT molecular complexity index is 1140. The van der Waals surface area contributed by atoms with E-state index in [-0.39, 0.29) is 0 Å². The van der Waals surface area contributed by atoms with Gasteiger partial charge in [-0.3, -0.25) is 0 Å². The summed E-state index contributed by atoms with van der Waals surface area (Å²) in [6.45, 7) is 8.97. The highest BCUT2D eigenvalue weighted by molar-refractivity contribution is 8.32. The van der Waals surface area contributed by atoms with Crippen molar-refractivity contribution >= 4 is 20.9 Å². The summed E-state index contributed by atoms with van der Waals surface area (Å²) in [5.41, 5.74) is 2.83. The molecule has 0 saturated heterocycles. The van der Waals surface area contributed by atoms with Gasteiger partial charge in [0, 0.05) is 40.7 Å². The Morgan fingerprint density at radius 1 is 1.15 bits per heavy atom. The van der Waals surface area contributed by atoms with E-state index >= 15 is 0 Å². The molecular weight excluding hydrogens is 432 g/mol. The molecule has 3 heterocycles. The van der Waals surface area contributed by atoms with Crippen molar-refractivity contribution in [1.82, 2.24) is 19.3 Å². The minimum Gasteiger partial charge on any atom is -0.378 e. The zero-order chi connectivity index (χ0) is 24.2. The summed E-state index contributed by atoms with van der Waals surface area (Å²) < 4.78 is 10.0. The van der Waals surface area contributed by atoms with E-state index in [2.05, 4.69) is 65.3 Å². The van der Waals surface area contributed by atoms with Crippen LogP contribution in [0.1, 0.15) is 52.3 Å². The van der Waals surface area contributed by atoms with Crippen LogP contribution in [0.3, 0.4) is 0 Å². The van der Waals surface area contributed by atoms with Crippen molar-refractivity contribution in [1.29, 1.82) is 0 Å². The molecule has 0 bridgehead atoms. The summed E-state index contributed by atoms with van der Waals surface area (Å²) in [7, 11) is -0.559. The Kier molecular flexibility index (Phi) is 7.94. The number of ether oxygens (including phenoxy) is 1. The molecule has 0 aliphatic rings. The van der Waals surface area contributed by atoms with Gasteiger partial charge < -0.3 is 14.4 Å². The van der Waals surface area contributed by atoms with E-state index in [4.69, 9.17) is 4.74 Å². The van der Waals surface area contributed by atoms with Crippen molar-refractivity contribution in [2.75, 3.05) is 31.1 Å². The van der Waals surface area contributed by atoms with Gasteiger partial charge in [-0.1, -0.05) is 19.8 Å². The van der Waals surface area contributed by atoms with E-state index in [0.29, 0.717) is 18.5 Å². The Hall–Kier alpha value is -2.27. The van der Waals surface area contributed by atoms with Crippen LogP contribution in [0.25, 0.3) is 22.0 Å². The predicted molar refractivity (Wildman–Crippen MR) is 140 cm³/mol. The van der Waals surface area contributed by atoms with Crippen LogP contribution < -0.4 is 0 Å². The first-order chi connectivity index (χ1) is 15.5. The highest BCUT2D eigenvalue weighted by Gasteiger charge is 2.17. The third kappa shape index (κ3) is 6.86. The number of fused-ring (bicyclic) bond motifs is 1. The van der Waals surface area contributed by atoms with E-state index in [9.17, 15) is 5.11 Å². The van der Waals surface area contributed by atoms with E-state index in [1.165, 1.54) is 0 Å². The average Bonchev–Trinajstić information content (AvgIpc) is 3.34. The SMILES string of the molecule is CCC(CC)n1cc(-c2cnn(COCCS(C)(C)C)c2)c2cc(C#CC(C)(C)O)ncc21. The fraction of sp³-hybridized carbons (Fsp3) is 0.538. The van der Waals surface area contributed by atoms with Crippen LogP contribution in [0.2, 0.25) is 0 Å². The summed E-state index contributed by atoms with van der Waals surface area (Å²) in [6, 6.07) is 2.41. The zero-order valence-electron chi connectivity index (χ0n) is 21.1. The Morgan fingerprint density at radius 3 is 2.52 bits per heavy atom. The molecule has 0 saturated carbocycles. The molecule has 0 atom stereocenters. The summed E-state index contributed by atoms with van der Waals surface area (Å²) in [5.74, 6) is 6.97. The fourth-order valence-electron chi connectivity index (χ4n) is 3.69. The standard InChI is InChI=1S/C26H38N4O2S/c1-8-22(9-2)30-18-24(20-15-28-29(17-20)19-32-12-13-33(5,6)7)23-14-21(27-16-25(23)30)10-11-26(3,4)31/h14-18,22,31H,8-9,12-13,19H2,1-7H3. The lowest BCUT2D eigenvalue weighted by molar-refractivity contribution is 0.0809. The second kappa shape index (κ2) is 10.3. The normalized spacial score (nSPS) is 12.9. The van der Waals surface area contributed by atoms with Gasteiger partial charge in [-0.2, -0.15) is 5.10 Å². The van der Waals surface area contributed by atoms with Gasteiger partial charge in [-0.25, -0.2) is 19.7 Å². The van der Waals surface area contributed by atoms with Gasteiger partial charge in [0.2, 0.25) is 0 Å². The Labute approximate surface area is 199 Å². The predicted octanol–water partition coefficient (Wildman–Crippen LogP) is 5.05. The van der Waals surface area contributed by atoms with Crippen LogP contribution in [0.5, 0.6) is 0 Å². The Morgan fingerprint density at radius 2 is 1.88 bits per heavy atom. The molecule has 0 aliphatic carbocycles. The molecule has 180 valence electrons. The van der Waals surface area contributed by atoms with Crippen molar-refractivity contribution < 1.29 is 9.84 Å². The summed E-state index contributed by atoms with van der Waals surface area (Å²) in [5, 5.41) is 15.6. The van der Waals surface area contributed by atoms with Crippen LogP contribution in [-0.2, 0) is 11.5 Å². The van der Waals surface area contributed by atoms with E-state index in [1.54, 1.807) is 13.8 Å². The maximum absolute atomic E-state index is 9.97. The molecule has 6 nitrogen and oxygen atoms in total. The summed E-state index contributed by atoms with van der Waals surface area (Å²) in [6.07, 6.45) is 17.0. The third-order valence-electron chi connectivity index (χ3n) is 5.56. The number of hydrogen-bond donors (Lipinski definition) is 1. The molecule has 3 aromatic rings. The number of nitrogens with zero attached hydrogens (tertiary/aromatic N) is 4. The largest absolute Gasteiger partial charge is 0.378 e. The number of aliphatic hydroxyl groups is 1. The van der Waals surface area contributed by atoms with Gasteiger partial charge in [0.1, 0.15) is 18.0 Å². The van der Waals surface area contributed by atoms with Crippen LogP contribution in [0.4, 0.5) is 0 Å². The molecule has 0 radical (unpaired) electrons. The van der Waals surface area contributed by atoms with Crippen LogP contribution in [0.15, 0.2) is 30.9 Å². The van der Waals surface area contributed by atoms with Crippen LogP contribution in [-0.4, -0.2) is 61.2 Å². The summed E-state index contributed by atoms with van der Waals surface area (Å²) in [4.78, 5) is 4.56. The number of aromatic nitrogens is 4. The highest BCUT2D eigenvalue weighted by atomic mass is 32.3. The quantitative estimate of drug-likeness (QED) is 0.351. The molecule has 0 amide bonds. The topological polar surface area (TPSA) is 65.1 Å². The number of pyridine rings is 1. The van der Waals surface area contributed by atoms with Crippen molar-refractivity contribution in [3.05, 3.63) is 36.5 Å². The molecule has 7 heteroatoms. The second-order valence-corrected chi connectivity index (χ2v) is 14.5. The van der Waals surface area contributed by atoms with E-state index < -0.39 is 15.6 Å². The number of hydrogen-bond acceptors (Lipinski definition) is 4. The molecule has 0 aromatic carbocycles. The molecular formula is C26H38N4O2S. The Balaban J connectivity index is 1.95. The minimum atomic E-state index is -1.06. The first-order valence-electron chi connectivity index (χ1n) is 11.5. The lowest BCUT2D eigenvalue weighted by atomic mass is 10.1. The molecule has 0 unspecified atom stereocenters. The third-order valence-corrected chi connectivity index (χ3v) is 6.95. The smallest absolute Gasteiger partial charge is 0.139 e. The van der Waals surface area contributed by atoms with E-state index in [1.807, 2.05) is 29.3 Å². The maximum Gasteiger partial charge on any atom is 0.139 e. The lowest BCUT2D eigenvalue weighted by Crippen LogP contribution is -2.14. The first kappa shape index (κ1) is 25.4. The highest BCUT2D eigenvalue weighted by Crippen LogP contribution is 2.35. The van der Waals surface area contributed by atoms with Crippen molar-refractivity contribution in [3.63, 3.8) is 0 Å². The first-order valence-corrected chi connectivity index (χ1v) is 14.6.